The highest BCUT2D eigenvalue weighted by Crippen LogP contribution is 2.34. The average Bonchev–Trinajstić information content (AvgIpc) is 3.26. The van der Waals surface area contributed by atoms with Crippen LogP contribution in [0.15, 0.2) is 11.6 Å². The normalized spacial score (nSPS) is 21.3. The Labute approximate surface area is 244 Å². The molecule has 4 amide bonds. The molecule has 11 heteroatoms. The van der Waals surface area contributed by atoms with Crippen LogP contribution in [0.2, 0.25) is 0 Å². The van der Waals surface area contributed by atoms with Crippen molar-refractivity contribution in [3.8, 4) is 0 Å². The largest absolute Gasteiger partial charge is 0.444 e. The van der Waals surface area contributed by atoms with Crippen LogP contribution in [0.1, 0.15) is 93.4 Å². The van der Waals surface area contributed by atoms with E-state index in [0.717, 1.165) is 24.8 Å². The number of alkyl carbamates (subject to hydrolysis) is 1. The molecule has 2 rings (SSSR count). The smallest absolute Gasteiger partial charge is 0.408 e. The molecule has 2 fully saturated rings. The van der Waals surface area contributed by atoms with Gasteiger partial charge in [-0.3, -0.25) is 19.2 Å². The highest BCUT2D eigenvalue weighted by atomic mass is 16.6. The summed E-state index contributed by atoms with van der Waals surface area (Å²) in [5.41, 5.74) is 5.40. The highest BCUT2D eigenvalue weighted by molar-refractivity contribution is 5.94. The van der Waals surface area contributed by atoms with Crippen LogP contribution >= 0.6 is 0 Å². The minimum absolute atomic E-state index is 0.0178. The number of ketones is 1. The number of primary amides is 1. The average molecular weight is 579 g/mol. The SMILES string of the molecule is CC(C)=CC(=O)CC[C@H](NC(=O)OC(C)(C)C)C(=O)N1CCC(C(C)C)[C@H]1C(=O)NC(CC1CCC1)C(O)C(N)=O. The number of nitrogens with zero attached hydrogens (tertiary/aromatic N) is 1. The molecule has 1 aliphatic carbocycles. The van der Waals surface area contributed by atoms with Crippen LogP contribution in [0.25, 0.3) is 0 Å². The van der Waals surface area contributed by atoms with Crippen LogP contribution < -0.4 is 16.4 Å². The van der Waals surface area contributed by atoms with Gasteiger partial charge in [-0.25, -0.2) is 4.79 Å². The summed E-state index contributed by atoms with van der Waals surface area (Å²) in [6.45, 7) is 12.9. The summed E-state index contributed by atoms with van der Waals surface area (Å²) in [6, 6.07) is -2.85. The van der Waals surface area contributed by atoms with Crippen molar-refractivity contribution in [2.75, 3.05) is 6.54 Å². The molecule has 41 heavy (non-hydrogen) atoms. The number of allylic oxidation sites excluding steroid dienone is 2. The summed E-state index contributed by atoms with van der Waals surface area (Å²) >= 11 is 0. The van der Waals surface area contributed by atoms with E-state index in [-0.39, 0.29) is 42.9 Å². The fourth-order valence-corrected chi connectivity index (χ4v) is 5.51. The van der Waals surface area contributed by atoms with Crippen LogP contribution in [-0.2, 0) is 23.9 Å². The maximum atomic E-state index is 14.0. The van der Waals surface area contributed by atoms with Crippen LogP contribution in [0.4, 0.5) is 4.79 Å². The first-order valence-corrected chi connectivity index (χ1v) is 14.8. The van der Waals surface area contributed by atoms with E-state index in [0.29, 0.717) is 12.8 Å². The van der Waals surface area contributed by atoms with Crippen molar-refractivity contribution >= 4 is 29.6 Å². The van der Waals surface area contributed by atoms with Gasteiger partial charge in [0, 0.05) is 13.0 Å². The number of carbonyl (C=O) groups is 5. The number of ether oxygens (including phenoxy) is 1. The van der Waals surface area contributed by atoms with Crippen molar-refractivity contribution in [3.05, 3.63) is 11.6 Å². The summed E-state index contributed by atoms with van der Waals surface area (Å²) in [5, 5.41) is 15.9. The quantitative estimate of drug-likeness (QED) is 0.244. The second-order valence-corrected chi connectivity index (χ2v) is 13.1. The Hall–Kier alpha value is -2.95. The molecule has 0 aromatic rings. The molecule has 5 atom stereocenters. The van der Waals surface area contributed by atoms with Crippen molar-refractivity contribution < 1.29 is 33.8 Å². The first-order valence-electron chi connectivity index (χ1n) is 14.8. The van der Waals surface area contributed by atoms with E-state index in [1.165, 1.54) is 11.0 Å². The van der Waals surface area contributed by atoms with Gasteiger partial charge in [-0.2, -0.15) is 0 Å². The molecule has 2 aliphatic rings. The maximum Gasteiger partial charge on any atom is 0.408 e. The monoisotopic (exact) mass is 578 g/mol. The van der Waals surface area contributed by atoms with Crippen molar-refractivity contribution in [1.82, 2.24) is 15.5 Å². The topological polar surface area (TPSA) is 168 Å². The molecule has 11 nitrogen and oxygen atoms in total. The number of likely N-dealkylation sites (tertiary alicyclic amines) is 1. The number of nitrogens with one attached hydrogen (secondary N) is 2. The molecule has 1 aliphatic heterocycles. The fraction of sp³-hybridized carbons (Fsp3) is 0.767. The summed E-state index contributed by atoms with van der Waals surface area (Å²) in [4.78, 5) is 66.1. The van der Waals surface area contributed by atoms with Gasteiger partial charge in [0.05, 0.1) is 6.04 Å². The number of aliphatic hydroxyl groups excluding tert-OH is 1. The molecule has 3 unspecified atom stereocenters. The molecule has 0 aromatic carbocycles. The Morgan fingerprint density at radius 3 is 2.20 bits per heavy atom. The molecule has 0 radical (unpaired) electrons. The molecule has 0 aromatic heterocycles. The molecular weight excluding hydrogens is 528 g/mol. The lowest BCUT2D eigenvalue weighted by atomic mass is 9.79. The van der Waals surface area contributed by atoms with Crippen LogP contribution in [0, 0.1) is 17.8 Å². The van der Waals surface area contributed by atoms with E-state index in [9.17, 15) is 29.1 Å². The molecule has 1 heterocycles. The number of hydrogen-bond acceptors (Lipinski definition) is 7. The fourth-order valence-electron chi connectivity index (χ4n) is 5.51. The van der Waals surface area contributed by atoms with E-state index >= 15 is 0 Å². The van der Waals surface area contributed by atoms with Gasteiger partial charge in [-0.15, -0.1) is 0 Å². The molecule has 5 N–H and O–H groups in total. The number of rotatable bonds is 13. The van der Waals surface area contributed by atoms with Crippen molar-refractivity contribution in [3.63, 3.8) is 0 Å². The standard InChI is InChI=1S/C30H50N4O7/c1-17(2)15-20(35)11-12-22(33-29(40)41-30(5,6)7)28(39)34-14-13-21(18(3)4)24(34)27(38)32-23(25(36)26(31)37)16-19-9-8-10-19/h15,18-19,21-25,36H,8-14,16H2,1-7H3,(H2,31,37)(H,32,38)(H,33,40)/t21?,22-,23?,24-,25?/m0/s1. The van der Waals surface area contributed by atoms with E-state index in [1.54, 1.807) is 34.6 Å². The van der Waals surface area contributed by atoms with Gasteiger partial charge in [-0.1, -0.05) is 38.7 Å². The molecule has 232 valence electrons. The Kier molecular flexibility index (Phi) is 12.4. The Bertz CT molecular complexity index is 995. The second kappa shape index (κ2) is 14.8. The zero-order valence-corrected chi connectivity index (χ0v) is 25.7. The summed E-state index contributed by atoms with van der Waals surface area (Å²) in [6.07, 6.45) is 3.12. The number of amides is 4. The Balaban J connectivity index is 2.32. The molecule has 0 spiro atoms. The molecular formula is C30H50N4O7. The summed E-state index contributed by atoms with van der Waals surface area (Å²) in [5.74, 6) is -1.93. The number of nitrogens with two attached hydrogens (primary N) is 1. The van der Waals surface area contributed by atoms with E-state index in [2.05, 4.69) is 10.6 Å². The Morgan fingerprint density at radius 2 is 1.71 bits per heavy atom. The van der Waals surface area contributed by atoms with Crippen molar-refractivity contribution in [2.45, 2.75) is 123 Å². The first-order chi connectivity index (χ1) is 19.0. The molecule has 0 bridgehead atoms. The third-order valence-corrected chi connectivity index (χ3v) is 7.78. The van der Waals surface area contributed by atoms with E-state index in [4.69, 9.17) is 10.5 Å². The Morgan fingerprint density at radius 1 is 1.07 bits per heavy atom. The lowest BCUT2D eigenvalue weighted by Gasteiger charge is -2.35. The van der Waals surface area contributed by atoms with Gasteiger partial charge in [0.1, 0.15) is 17.7 Å². The third-order valence-electron chi connectivity index (χ3n) is 7.78. The van der Waals surface area contributed by atoms with Gasteiger partial charge in [-0.05, 0) is 77.7 Å². The number of hydrogen-bond donors (Lipinski definition) is 4. The molecule has 1 saturated heterocycles. The maximum absolute atomic E-state index is 14.0. The van der Waals surface area contributed by atoms with Gasteiger partial charge in [0.2, 0.25) is 17.7 Å². The zero-order chi connectivity index (χ0) is 31.1. The third kappa shape index (κ3) is 10.4. The lowest BCUT2D eigenvalue weighted by Crippen LogP contribution is -2.59. The summed E-state index contributed by atoms with van der Waals surface area (Å²) in [7, 11) is 0. The lowest BCUT2D eigenvalue weighted by molar-refractivity contribution is -0.142. The summed E-state index contributed by atoms with van der Waals surface area (Å²) < 4.78 is 5.37. The number of carbonyl (C=O) groups excluding carboxylic acids is 5. The zero-order valence-electron chi connectivity index (χ0n) is 25.7. The van der Waals surface area contributed by atoms with Gasteiger partial charge >= 0.3 is 6.09 Å². The van der Waals surface area contributed by atoms with Crippen molar-refractivity contribution in [2.24, 2.45) is 23.5 Å². The second-order valence-electron chi connectivity index (χ2n) is 13.1. The van der Waals surface area contributed by atoms with Crippen LogP contribution in [0.3, 0.4) is 0 Å². The predicted octanol–water partition coefficient (Wildman–Crippen LogP) is 2.59. The van der Waals surface area contributed by atoms with Gasteiger partial charge in [0.25, 0.3) is 0 Å². The van der Waals surface area contributed by atoms with E-state index in [1.807, 2.05) is 13.8 Å². The van der Waals surface area contributed by atoms with Crippen molar-refractivity contribution in [1.29, 1.82) is 0 Å². The molecule has 1 saturated carbocycles. The number of aliphatic hydroxyl groups is 1. The van der Waals surface area contributed by atoms with E-state index < -0.39 is 53.6 Å². The van der Waals surface area contributed by atoms with Crippen LogP contribution in [-0.4, -0.2) is 76.0 Å². The van der Waals surface area contributed by atoms with Crippen LogP contribution in [0.5, 0.6) is 0 Å². The highest BCUT2D eigenvalue weighted by Gasteiger charge is 2.46. The first kappa shape index (κ1) is 34.3. The van der Waals surface area contributed by atoms with Gasteiger partial charge < -0.3 is 31.1 Å². The predicted molar refractivity (Wildman–Crippen MR) is 154 cm³/mol. The van der Waals surface area contributed by atoms with Gasteiger partial charge in [0.15, 0.2) is 11.9 Å². The minimum atomic E-state index is -1.55. The minimum Gasteiger partial charge on any atom is -0.444 e.